The smallest absolute Gasteiger partial charge is 0.255 e. The van der Waals surface area contributed by atoms with Crippen LogP contribution in [0.15, 0.2) is 18.2 Å². The molecule has 5 heteroatoms. The van der Waals surface area contributed by atoms with Gasteiger partial charge in [0.1, 0.15) is 0 Å². The molecular formula is C15H24ClN3O. The topological polar surface area (TPSA) is 49.6 Å². The molecule has 2 N–H and O–H groups in total. The molecule has 0 spiro atoms. The van der Waals surface area contributed by atoms with Gasteiger partial charge >= 0.3 is 0 Å². The fourth-order valence-corrected chi connectivity index (χ4v) is 2.12. The zero-order valence-electron chi connectivity index (χ0n) is 12.7. The second-order valence-corrected chi connectivity index (χ2v) is 6.12. The minimum absolute atomic E-state index is 0.0327. The molecule has 0 bridgehead atoms. The molecule has 0 fully saturated rings. The minimum Gasteiger partial charge on any atom is -0.398 e. The molecule has 0 aliphatic rings. The number of amides is 1. The number of rotatable bonds is 6. The molecule has 1 amide bonds. The van der Waals surface area contributed by atoms with Gasteiger partial charge in [0.25, 0.3) is 5.91 Å². The maximum atomic E-state index is 12.6. The number of nitrogens with zero attached hydrogens (tertiary/aromatic N) is 2. The Balaban J connectivity index is 2.90. The van der Waals surface area contributed by atoms with Gasteiger partial charge < -0.3 is 15.5 Å². The minimum atomic E-state index is -0.0327. The number of benzene rings is 1. The van der Waals surface area contributed by atoms with Crippen LogP contribution in [0, 0.1) is 5.92 Å². The normalized spacial score (nSPS) is 11.2. The first-order valence-corrected chi connectivity index (χ1v) is 7.18. The van der Waals surface area contributed by atoms with Gasteiger partial charge in [-0.15, -0.1) is 0 Å². The average molecular weight is 298 g/mol. The fourth-order valence-electron chi connectivity index (χ4n) is 1.94. The standard InChI is InChI=1S/C15H24ClN3O/c1-11(2)10-19(8-7-18(3)4)15(20)13-6-5-12(16)9-14(13)17/h5-6,9,11H,7-8,10,17H2,1-4H3. The maximum absolute atomic E-state index is 12.6. The van der Waals surface area contributed by atoms with E-state index < -0.39 is 0 Å². The van der Waals surface area contributed by atoms with Crippen molar-refractivity contribution in [1.82, 2.24) is 9.80 Å². The van der Waals surface area contributed by atoms with Crippen LogP contribution in [-0.4, -0.2) is 49.4 Å². The monoisotopic (exact) mass is 297 g/mol. The second-order valence-electron chi connectivity index (χ2n) is 5.68. The maximum Gasteiger partial charge on any atom is 0.255 e. The summed E-state index contributed by atoms with van der Waals surface area (Å²) in [5.74, 6) is 0.379. The van der Waals surface area contributed by atoms with Gasteiger partial charge in [-0.1, -0.05) is 25.4 Å². The number of likely N-dealkylation sites (N-methyl/N-ethyl adjacent to an activating group) is 1. The van der Waals surface area contributed by atoms with Gasteiger partial charge in [-0.2, -0.15) is 0 Å². The quantitative estimate of drug-likeness (QED) is 0.821. The Bertz CT molecular complexity index is 460. The Morgan fingerprint density at radius 1 is 1.30 bits per heavy atom. The second kappa shape index (κ2) is 7.50. The summed E-state index contributed by atoms with van der Waals surface area (Å²) in [6.07, 6.45) is 0. The van der Waals surface area contributed by atoms with Crippen LogP contribution in [0.4, 0.5) is 5.69 Å². The van der Waals surface area contributed by atoms with Gasteiger partial charge in [0.2, 0.25) is 0 Å². The average Bonchev–Trinajstić information content (AvgIpc) is 2.33. The number of nitrogens with two attached hydrogens (primary N) is 1. The van der Waals surface area contributed by atoms with Crippen LogP contribution < -0.4 is 5.73 Å². The highest BCUT2D eigenvalue weighted by Crippen LogP contribution is 2.20. The third-order valence-corrected chi connectivity index (χ3v) is 3.17. The Labute approximate surface area is 126 Å². The number of halogens is 1. The van der Waals surface area contributed by atoms with Crippen molar-refractivity contribution in [2.24, 2.45) is 5.92 Å². The van der Waals surface area contributed by atoms with Crippen molar-refractivity contribution in [2.45, 2.75) is 13.8 Å². The molecule has 0 aliphatic carbocycles. The lowest BCUT2D eigenvalue weighted by molar-refractivity contribution is 0.0726. The first kappa shape index (κ1) is 16.8. The molecular weight excluding hydrogens is 274 g/mol. The largest absolute Gasteiger partial charge is 0.398 e. The van der Waals surface area contributed by atoms with Gasteiger partial charge in [-0.05, 0) is 38.2 Å². The molecule has 20 heavy (non-hydrogen) atoms. The van der Waals surface area contributed by atoms with E-state index >= 15 is 0 Å². The van der Waals surface area contributed by atoms with Crippen molar-refractivity contribution < 1.29 is 4.79 Å². The Morgan fingerprint density at radius 3 is 2.45 bits per heavy atom. The summed E-state index contributed by atoms with van der Waals surface area (Å²) in [5.41, 5.74) is 6.86. The SMILES string of the molecule is CC(C)CN(CCN(C)C)C(=O)c1ccc(Cl)cc1N. The molecule has 0 unspecified atom stereocenters. The molecule has 0 aliphatic heterocycles. The van der Waals surface area contributed by atoms with Gasteiger partial charge in [0.05, 0.1) is 5.56 Å². The van der Waals surface area contributed by atoms with E-state index in [0.717, 1.165) is 13.1 Å². The predicted molar refractivity (Wildman–Crippen MR) is 85.2 cm³/mol. The number of hydrogen-bond acceptors (Lipinski definition) is 3. The fraction of sp³-hybridized carbons (Fsp3) is 0.533. The summed E-state index contributed by atoms with van der Waals surface area (Å²) in [6.45, 7) is 6.43. The van der Waals surface area contributed by atoms with E-state index in [4.69, 9.17) is 17.3 Å². The number of hydrogen-bond donors (Lipinski definition) is 1. The molecule has 0 aromatic heterocycles. The highest BCUT2D eigenvalue weighted by Gasteiger charge is 2.19. The third-order valence-electron chi connectivity index (χ3n) is 2.93. The summed E-state index contributed by atoms with van der Waals surface area (Å²) >= 11 is 5.88. The number of carbonyl (C=O) groups is 1. The lowest BCUT2D eigenvalue weighted by atomic mass is 10.1. The van der Waals surface area contributed by atoms with Crippen LogP contribution in [0.1, 0.15) is 24.2 Å². The highest BCUT2D eigenvalue weighted by molar-refractivity contribution is 6.31. The van der Waals surface area contributed by atoms with Crippen LogP contribution in [-0.2, 0) is 0 Å². The van der Waals surface area contributed by atoms with Gasteiger partial charge in [-0.3, -0.25) is 4.79 Å². The van der Waals surface area contributed by atoms with Crippen molar-refractivity contribution in [3.8, 4) is 0 Å². The van der Waals surface area contributed by atoms with E-state index in [0.29, 0.717) is 28.7 Å². The Hall–Kier alpha value is -1.26. The van der Waals surface area contributed by atoms with E-state index in [1.165, 1.54) is 0 Å². The van der Waals surface area contributed by atoms with Crippen molar-refractivity contribution >= 4 is 23.2 Å². The van der Waals surface area contributed by atoms with Crippen molar-refractivity contribution in [3.63, 3.8) is 0 Å². The zero-order valence-corrected chi connectivity index (χ0v) is 13.4. The van der Waals surface area contributed by atoms with E-state index in [2.05, 4.69) is 18.7 Å². The van der Waals surface area contributed by atoms with E-state index in [-0.39, 0.29) is 5.91 Å². The first-order chi connectivity index (χ1) is 9.31. The van der Waals surface area contributed by atoms with Crippen LogP contribution in [0.2, 0.25) is 5.02 Å². The number of carbonyl (C=O) groups excluding carboxylic acids is 1. The molecule has 0 radical (unpaired) electrons. The highest BCUT2D eigenvalue weighted by atomic mass is 35.5. The number of nitrogen functional groups attached to an aromatic ring is 1. The third kappa shape index (κ3) is 5.02. The molecule has 4 nitrogen and oxygen atoms in total. The van der Waals surface area contributed by atoms with Gasteiger partial charge in [-0.25, -0.2) is 0 Å². The van der Waals surface area contributed by atoms with Crippen molar-refractivity contribution in [3.05, 3.63) is 28.8 Å². The molecule has 0 heterocycles. The van der Waals surface area contributed by atoms with Crippen LogP contribution in [0.5, 0.6) is 0 Å². The summed E-state index contributed by atoms with van der Waals surface area (Å²) in [6, 6.07) is 5.02. The van der Waals surface area contributed by atoms with Crippen LogP contribution in [0.25, 0.3) is 0 Å². The Morgan fingerprint density at radius 2 is 1.95 bits per heavy atom. The molecule has 0 atom stereocenters. The van der Waals surface area contributed by atoms with E-state index in [1.807, 2.05) is 19.0 Å². The van der Waals surface area contributed by atoms with E-state index in [9.17, 15) is 4.79 Å². The van der Waals surface area contributed by atoms with E-state index in [1.54, 1.807) is 18.2 Å². The lowest BCUT2D eigenvalue weighted by Crippen LogP contribution is -2.39. The lowest BCUT2D eigenvalue weighted by Gasteiger charge is -2.26. The number of anilines is 1. The molecule has 0 saturated carbocycles. The summed E-state index contributed by atoms with van der Waals surface area (Å²) < 4.78 is 0. The molecule has 0 saturated heterocycles. The first-order valence-electron chi connectivity index (χ1n) is 6.80. The zero-order chi connectivity index (χ0) is 15.3. The Kier molecular flexibility index (Phi) is 6.30. The summed E-state index contributed by atoms with van der Waals surface area (Å²) in [4.78, 5) is 16.5. The molecule has 1 rings (SSSR count). The van der Waals surface area contributed by atoms with Crippen molar-refractivity contribution in [1.29, 1.82) is 0 Å². The predicted octanol–water partition coefficient (Wildman–Crippen LogP) is 2.58. The van der Waals surface area contributed by atoms with Crippen LogP contribution in [0.3, 0.4) is 0 Å². The molecule has 1 aromatic rings. The summed E-state index contributed by atoms with van der Waals surface area (Å²) in [7, 11) is 3.99. The van der Waals surface area contributed by atoms with Crippen LogP contribution >= 0.6 is 11.6 Å². The molecule has 112 valence electrons. The van der Waals surface area contributed by atoms with Gasteiger partial charge in [0.15, 0.2) is 0 Å². The summed E-state index contributed by atoms with van der Waals surface area (Å²) in [5, 5.41) is 0.544. The molecule has 1 aromatic carbocycles. The van der Waals surface area contributed by atoms with Crippen molar-refractivity contribution in [2.75, 3.05) is 39.5 Å². The van der Waals surface area contributed by atoms with Gasteiger partial charge in [0, 0.05) is 30.3 Å².